The van der Waals surface area contributed by atoms with Gasteiger partial charge in [-0.3, -0.25) is 14.4 Å². The number of phenolic OH excluding ortho intramolecular Hbond substituents is 1. The van der Waals surface area contributed by atoms with Gasteiger partial charge in [-0.1, -0.05) is 26.0 Å². The number of aliphatic hydroxyl groups is 1. The quantitative estimate of drug-likeness (QED) is 0.306. The van der Waals surface area contributed by atoms with Gasteiger partial charge in [0.25, 0.3) is 0 Å². The molecule has 0 aliphatic heterocycles. The van der Waals surface area contributed by atoms with Crippen molar-refractivity contribution in [3.8, 4) is 5.75 Å². The van der Waals surface area contributed by atoms with Crippen LogP contribution < -0.4 is 22.1 Å². The molecule has 8 N–H and O–H groups in total. The van der Waals surface area contributed by atoms with Crippen molar-refractivity contribution >= 4 is 17.7 Å². The topological polar surface area (TPSA) is 168 Å². The summed E-state index contributed by atoms with van der Waals surface area (Å²) in [5, 5.41) is 23.4. The Morgan fingerprint density at radius 3 is 2.12 bits per heavy atom. The number of hydrogen-bond acceptors (Lipinski definition) is 6. The molecule has 1 rings (SSSR count). The first-order chi connectivity index (χ1) is 12.1. The molecule has 0 heterocycles. The van der Waals surface area contributed by atoms with E-state index in [0.717, 1.165) is 5.56 Å². The number of nitrogens with two attached hydrogens (primary N) is 2. The minimum Gasteiger partial charge on any atom is -0.508 e. The average Bonchev–Trinajstić information content (AvgIpc) is 2.58. The Morgan fingerprint density at radius 1 is 1.08 bits per heavy atom. The third-order valence-corrected chi connectivity index (χ3v) is 3.82. The van der Waals surface area contributed by atoms with E-state index < -0.39 is 42.5 Å². The van der Waals surface area contributed by atoms with Crippen molar-refractivity contribution in [2.24, 2.45) is 17.4 Å². The van der Waals surface area contributed by atoms with Gasteiger partial charge in [-0.15, -0.1) is 0 Å². The smallest absolute Gasteiger partial charge is 0.245 e. The third-order valence-electron chi connectivity index (χ3n) is 3.82. The van der Waals surface area contributed by atoms with Gasteiger partial charge in [-0.25, -0.2) is 0 Å². The SMILES string of the molecule is CC(C)[C@H](NC(=O)[C@H](CO)NC(=O)[C@@H](N)Cc1ccc(O)cc1)C(N)=O. The van der Waals surface area contributed by atoms with Crippen molar-refractivity contribution in [2.45, 2.75) is 38.4 Å². The van der Waals surface area contributed by atoms with Gasteiger partial charge in [0.05, 0.1) is 12.6 Å². The first kappa shape index (κ1) is 21.4. The van der Waals surface area contributed by atoms with Crippen LogP contribution in [0.4, 0.5) is 0 Å². The highest BCUT2D eigenvalue weighted by Crippen LogP contribution is 2.11. The van der Waals surface area contributed by atoms with Crippen LogP contribution in [0.1, 0.15) is 19.4 Å². The minimum absolute atomic E-state index is 0.0953. The fourth-order valence-corrected chi connectivity index (χ4v) is 2.27. The van der Waals surface area contributed by atoms with Crippen molar-refractivity contribution in [3.05, 3.63) is 29.8 Å². The number of carbonyl (C=O) groups excluding carboxylic acids is 3. The molecule has 3 atom stereocenters. The van der Waals surface area contributed by atoms with Crippen LogP contribution in [-0.4, -0.2) is 52.7 Å². The van der Waals surface area contributed by atoms with E-state index in [1.54, 1.807) is 26.0 Å². The van der Waals surface area contributed by atoms with Gasteiger partial charge in [-0.2, -0.15) is 0 Å². The highest BCUT2D eigenvalue weighted by atomic mass is 16.3. The van der Waals surface area contributed by atoms with E-state index in [1.165, 1.54) is 12.1 Å². The molecule has 0 spiro atoms. The number of benzene rings is 1. The van der Waals surface area contributed by atoms with Crippen LogP contribution in [0.2, 0.25) is 0 Å². The lowest BCUT2D eigenvalue weighted by Gasteiger charge is -2.23. The number of primary amides is 1. The van der Waals surface area contributed by atoms with Crippen molar-refractivity contribution in [3.63, 3.8) is 0 Å². The molecule has 0 aliphatic rings. The van der Waals surface area contributed by atoms with E-state index in [4.69, 9.17) is 11.5 Å². The summed E-state index contributed by atoms with van der Waals surface area (Å²) in [6, 6.07) is 3.06. The highest BCUT2D eigenvalue weighted by molar-refractivity contribution is 5.92. The molecular weight excluding hydrogens is 340 g/mol. The summed E-state index contributed by atoms with van der Waals surface area (Å²) in [6.07, 6.45) is 0.182. The van der Waals surface area contributed by atoms with Crippen LogP contribution >= 0.6 is 0 Å². The predicted molar refractivity (Wildman–Crippen MR) is 94.8 cm³/mol. The number of carbonyl (C=O) groups is 3. The number of amides is 3. The summed E-state index contributed by atoms with van der Waals surface area (Å²) in [4.78, 5) is 35.7. The lowest BCUT2D eigenvalue weighted by atomic mass is 10.0. The molecule has 0 bridgehead atoms. The maximum atomic E-state index is 12.2. The number of aliphatic hydroxyl groups excluding tert-OH is 1. The molecule has 0 radical (unpaired) electrons. The maximum Gasteiger partial charge on any atom is 0.245 e. The predicted octanol–water partition coefficient (Wildman–Crippen LogP) is -1.63. The minimum atomic E-state index is -1.26. The summed E-state index contributed by atoms with van der Waals surface area (Å²) in [5.74, 6) is -2.22. The van der Waals surface area contributed by atoms with Gasteiger partial charge in [0, 0.05) is 0 Å². The highest BCUT2D eigenvalue weighted by Gasteiger charge is 2.28. The Labute approximate surface area is 151 Å². The molecule has 1 aromatic rings. The summed E-state index contributed by atoms with van der Waals surface area (Å²) in [5.41, 5.74) is 11.8. The summed E-state index contributed by atoms with van der Waals surface area (Å²) in [7, 11) is 0. The van der Waals surface area contributed by atoms with Crippen molar-refractivity contribution in [1.29, 1.82) is 0 Å². The lowest BCUT2D eigenvalue weighted by Crippen LogP contribution is -2.57. The van der Waals surface area contributed by atoms with E-state index in [1.807, 2.05) is 0 Å². The largest absolute Gasteiger partial charge is 0.508 e. The molecule has 0 fully saturated rings. The fraction of sp³-hybridized carbons (Fsp3) is 0.471. The molecule has 0 unspecified atom stereocenters. The second-order valence-electron chi connectivity index (χ2n) is 6.35. The molecule has 0 saturated carbocycles. The first-order valence-corrected chi connectivity index (χ1v) is 8.20. The van der Waals surface area contributed by atoms with Gasteiger partial charge in [-0.05, 0) is 30.0 Å². The Hall–Kier alpha value is -2.65. The van der Waals surface area contributed by atoms with E-state index in [2.05, 4.69) is 10.6 Å². The molecular formula is C17H26N4O5. The average molecular weight is 366 g/mol. The Balaban J connectivity index is 2.67. The standard InChI is InChI=1S/C17H26N4O5/c1-9(2)14(15(19)24)21-17(26)13(8-22)20-16(25)12(18)7-10-3-5-11(23)6-4-10/h3-6,9,12-14,22-23H,7-8,18H2,1-2H3,(H2,19,24)(H,20,25)(H,21,26)/t12-,13-,14-/m0/s1. The number of rotatable bonds is 9. The second kappa shape index (κ2) is 9.73. The van der Waals surface area contributed by atoms with E-state index in [-0.39, 0.29) is 18.1 Å². The zero-order valence-corrected chi connectivity index (χ0v) is 14.8. The Morgan fingerprint density at radius 2 is 1.65 bits per heavy atom. The monoisotopic (exact) mass is 366 g/mol. The van der Waals surface area contributed by atoms with Crippen molar-refractivity contribution in [2.75, 3.05) is 6.61 Å². The van der Waals surface area contributed by atoms with Crippen LogP contribution in [0.5, 0.6) is 5.75 Å². The molecule has 9 nitrogen and oxygen atoms in total. The van der Waals surface area contributed by atoms with E-state index in [9.17, 15) is 24.6 Å². The number of nitrogens with one attached hydrogen (secondary N) is 2. The van der Waals surface area contributed by atoms with Gasteiger partial charge in [0.2, 0.25) is 17.7 Å². The summed E-state index contributed by atoms with van der Waals surface area (Å²) in [6.45, 7) is 2.75. The molecule has 0 saturated heterocycles. The Bertz CT molecular complexity index is 633. The zero-order valence-electron chi connectivity index (χ0n) is 14.8. The summed E-state index contributed by atoms with van der Waals surface area (Å²) >= 11 is 0. The third kappa shape index (κ3) is 6.34. The molecule has 0 aliphatic carbocycles. The second-order valence-corrected chi connectivity index (χ2v) is 6.35. The van der Waals surface area contributed by atoms with Gasteiger partial charge < -0.3 is 32.3 Å². The van der Waals surface area contributed by atoms with Crippen molar-refractivity contribution < 1.29 is 24.6 Å². The molecule has 144 valence electrons. The van der Waals surface area contributed by atoms with Crippen LogP contribution in [0.3, 0.4) is 0 Å². The van der Waals surface area contributed by atoms with Gasteiger partial charge in [0.15, 0.2) is 0 Å². The lowest BCUT2D eigenvalue weighted by molar-refractivity contribution is -0.133. The maximum absolute atomic E-state index is 12.2. The van der Waals surface area contributed by atoms with Gasteiger partial charge in [0.1, 0.15) is 17.8 Å². The summed E-state index contributed by atoms with van der Waals surface area (Å²) < 4.78 is 0. The fourth-order valence-electron chi connectivity index (χ4n) is 2.27. The van der Waals surface area contributed by atoms with E-state index >= 15 is 0 Å². The Kier molecular flexibility index (Phi) is 8.01. The number of aromatic hydroxyl groups is 1. The zero-order chi connectivity index (χ0) is 19.9. The number of phenols is 1. The molecule has 3 amide bonds. The van der Waals surface area contributed by atoms with Crippen LogP contribution in [0, 0.1) is 5.92 Å². The van der Waals surface area contributed by atoms with Gasteiger partial charge >= 0.3 is 0 Å². The molecule has 0 aromatic heterocycles. The van der Waals surface area contributed by atoms with Crippen LogP contribution in [0.15, 0.2) is 24.3 Å². The normalized spacial score (nSPS) is 14.3. The molecule has 1 aromatic carbocycles. The van der Waals surface area contributed by atoms with E-state index in [0.29, 0.717) is 0 Å². The van der Waals surface area contributed by atoms with Crippen LogP contribution in [-0.2, 0) is 20.8 Å². The molecule has 9 heteroatoms. The number of hydrogen-bond donors (Lipinski definition) is 6. The van der Waals surface area contributed by atoms with Crippen LogP contribution in [0.25, 0.3) is 0 Å². The first-order valence-electron chi connectivity index (χ1n) is 8.20. The molecule has 26 heavy (non-hydrogen) atoms. The van der Waals surface area contributed by atoms with Crippen molar-refractivity contribution in [1.82, 2.24) is 10.6 Å².